The van der Waals surface area contributed by atoms with Gasteiger partial charge in [-0.25, -0.2) is 16.8 Å². The number of fused-ring (bicyclic) bond motifs is 1. The number of nitrogens with zero attached hydrogens (tertiary/aromatic N) is 3. The summed E-state index contributed by atoms with van der Waals surface area (Å²) < 4.78 is 75.4. The van der Waals surface area contributed by atoms with Crippen LogP contribution in [0.5, 0.6) is 5.75 Å². The van der Waals surface area contributed by atoms with Crippen molar-refractivity contribution in [1.82, 2.24) is 5.01 Å². The fourth-order valence-corrected chi connectivity index (χ4v) is 2.66. The van der Waals surface area contributed by atoms with Crippen LogP contribution in [0, 0.1) is 6.07 Å². The SMILES string of the molecule is C.C.CN(C)N=Nc1cc(-c2coc3c[c-]ccc3c2=O)ccc1OS(=O)(=O)[O-].O=S(=O)([O-])O.[Na+].[Na+]. The van der Waals surface area contributed by atoms with Crippen LogP contribution in [0.1, 0.15) is 14.9 Å². The fourth-order valence-electron chi connectivity index (χ4n) is 2.30. The van der Waals surface area contributed by atoms with Crippen molar-refractivity contribution in [1.29, 1.82) is 0 Å². The average Bonchev–Trinajstić information content (AvgIpc) is 2.65. The second kappa shape index (κ2) is 16.5. The molecule has 3 aromatic rings. The van der Waals surface area contributed by atoms with Gasteiger partial charge < -0.3 is 17.7 Å². The summed E-state index contributed by atoms with van der Waals surface area (Å²) in [5, 5.41) is 9.35. The Balaban J connectivity index is -0.00000111. The molecule has 0 aliphatic carbocycles. The molecule has 0 unspecified atom stereocenters. The second-order valence-electron chi connectivity index (χ2n) is 6.04. The zero-order chi connectivity index (χ0) is 24.1. The van der Waals surface area contributed by atoms with E-state index in [4.69, 9.17) is 21.9 Å². The standard InChI is InChI=1S/C17H14N3O6S.2CH4.2Na.H2O4S/c1-20(2)19-18-14-9-11(7-8-16(14)26-27(22,23)24)13-10-25-15-6-4-3-5-12(15)17(13)21;;;;;1-5(2,3)4/h3,5-10H,1-2H3,(H,22,23,24);2*1H4;;;(H2,1,2,3,4)/q-1;;;2*+1;/p-2. The summed E-state index contributed by atoms with van der Waals surface area (Å²) in [5.41, 5.74) is 0.678. The van der Waals surface area contributed by atoms with Gasteiger partial charge in [0.05, 0.1) is 11.8 Å². The molecule has 0 bridgehead atoms. The van der Waals surface area contributed by atoms with Crippen LogP contribution < -0.4 is 68.7 Å². The van der Waals surface area contributed by atoms with Gasteiger partial charge in [0.25, 0.3) is 10.4 Å². The third-order valence-electron chi connectivity index (χ3n) is 3.41. The molecule has 2 aromatic carbocycles. The molecule has 1 heterocycles. The van der Waals surface area contributed by atoms with Crippen LogP contribution in [0.2, 0.25) is 0 Å². The molecule has 0 aliphatic rings. The van der Waals surface area contributed by atoms with Gasteiger partial charge in [0.2, 0.25) is 10.4 Å². The van der Waals surface area contributed by atoms with Crippen molar-refractivity contribution >= 4 is 37.5 Å². The van der Waals surface area contributed by atoms with E-state index in [2.05, 4.69) is 20.6 Å². The minimum Gasteiger partial charge on any atom is -0.726 e. The summed E-state index contributed by atoms with van der Waals surface area (Å²) in [6.45, 7) is 0. The molecule has 3 rings (SSSR count). The molecule has 0 radical (unpaired) electrons. The van der Waals surface area contributed by atoms with E-state index in [1.54, 1.807) is 32.3 Å². The van der Waals surface area contributed by atoms with E-state index >= 15 is 0 Å². The third kappa shape index (κ3) is 13.3. The summed E-state index contributed by atoms with van der Waals surface area (Å²) >= 11 is 0. The Labute approximate surface area is 253 Å². The Morgan fingerprint density at radius 2 is 1.67 bits per heavy atom. The Morgan fingerprint density at radius 1 is 1.08 bits per heavy atom. The molecule has 36 heavy (non-hydrogen) atoms. The van der Waals surface area contributed by atoms with E-state index in [1.807, 2.05) is 0 Å². The van der Waals surface area contributed by atoms with Crippen LogP contribution in [0.15, 0.2) is 62.2 Å². The Hall–Kier alpha value is -1.37. The summed E-state index contributed by atoms with van der Waals surface area (Å²) in [4.78, 5) is 12.7. The van der Waals surface area contributed by atoms with E-state index in [-0.39, 0.29) is 96.4 Å². The van der Waals surface area contributed by atoms with Crippen LogP contribution in [-0.4, -0.2) is 49.6 Å². The van der Waals surface area contributed by atoms with Crippen LogP contribution in [0.3, 0.4) is 0 Å². The maximum absolute atomic E-state index is 12.7. The Kier molecular flexibility index (Phi) is 17.9. The zero-order valence-corrected chi connectivity index (χ0v) is 24.0. The minimum atomic E-state index is -5.00. The Morgan fingerprint density at radius 3 is 2.19 bits per heavy atom. The van der Waals surface area contributed by atoms with Crippen molar-refractivity contribution in [3.05, 3.63) is 59.0 Å². The monoisotopic (exact) mass is 562 g/mol. The topological polar surface area (TPSA) is 202 Å². The van der Waals surface area contributed by atoms with Crippen LogP contribution in [0.4, 0.5) is 5.69 Å². The van der Waals surface area contributed by atoms with E-state index in [0.29, 0.717) is 16.5 Å². The van der Waals surface area contributed by atoms with Crippen molar-refractivity contribution in [3.8, 4) is 16.9 Å². The number of hydrogen-bond donors (Lipinski definition) is 1. The van der Waals surface area contributed by atoms with Crippen molar-refractivity contribution in [3.63, 3.8) is 0 Å². The first kappa shape index (κ1) is 39.1. The maximum atomic E-state index is 12.7. The first-order valence-corrected chi connectivity index (χ1v) is 10.9. The Bertz CT molecular complexity index is 1420. The molecular weight excluding hydrogens is 540 g/mol. The largest absolute Gasteiger partial charge is 1.00 e. The van der Waals surface area contributed by atoms with Gasteiger partial charge in [0.15, 0.2) is 11.2 Å². The first-order chi connectivity index (χ1) is 14.7. The molecule has 0 aliphatic heterocycles. The summed E-state index contributed by atoms with van der Waals surface area (Å²) in [5.74, 6) is -0.306. The molecule has 0 spiro atoms. The molecule has 1 N–H and O–H groups in total. The zero-order valence-electron chi connectivity index (χ0n) is 18.3. The van der Waals surface area contributed by atoms with Gasteiger partial charge in [-0.05, 0) is 23.1 Å². The molecule has 17 heteroatoms. The van der Waals surface area contributed by atoms with Crippen molar-refractivity contribution in [2.75, 3.05) is 14.1 Å². The van der Waals surface area contributed by atoms with Crippen LogP contribution in [0.25, 0.3) is 22.1 Å². The quantitative estimate of drug-likeness (QED) is 0.0826. The smallest absolute Gasteiger partial charge is 0.726 e. The van der Waals surface area contributed by atoms with Gasteiger partial charge in [-0.3, -0.25) is 14.4 Å². The van der Waals surface area contributed by atoms with E-state index in [1.165, 1.54) is 29.5 Å². The normalized spacial score (nSPS) is 10.5. The van der Waals surface area contributed by atoms with E-state index < -0.39 is 20.8 Å². The molecule has 0 amide bonds. The van der Waals surface area contributed by atoms with Gasteiger partial charge in [-0.15, -0.1) is 11.2 Å². The predicted molar refractivity (Wildman–Crippen MR) is 121 cm³/mol. The summed E-state index contributed by atoms with van der Waals surface area (Å²) in [7, 11) is -6.71. The predicted octanol–water partition coefficient (Wildman–Crippen LogP) is -3.06. The second-order valence-corrected chi connectivity index (χ2v) is 7.88. The van der Waals surface area contributed by atoms with Crippen molar-refractivity contribution in [2.24, 2.45) is 10.3 Å². The molecule has 0 saturated carbocycles. The average molecular weight is 563 g/mol. The molecular formula is C19H22N3Na2O10S2-. The molecule has 0 fully saturated rings. The third-order valence-corrected chi connectivity index (χ3v) is 3.80. The summed E-state index contributed by atoms with van der Waals surface area (Å²) in [6.07, 6.45) is 1.28. The molecule has 0 saturated heterocycles. The fraction of sp³-hybridized carbons (Fsp3) is 0.211. The first-order valence-electron chi connectivity index (χ1n) is 8.23. The molecule has 13 nitrogen and oxygen atoms in total. The van der Waals surface area contributed by atoms with Crippen LogP contribution in [-0.2, 0) is 20.8 Å². The van der Waals surface area contributed by atoms with Gasteiger partial charge in [-0.1, -0.05) is 26.1 Å². The minimum absolute atomic E-state index is 0. The van der Waals surface area contributed by atoms with Gasteiger partial charge >= 0.3 is 59.1 Å². The number of benzene rings is 2. The van der Waals surface area contributed by atoms with Crippen molar-refractivity contribution in [2.45, 2.75) is 14.9 Å². The molecule has 1 aromatic heterocycles. The summed E-state index contributed by atoms with van der Waals surface area (Å²) in [6, 6.07) is 11.6. The molecule has 188 valence electrons. The van der Waals surface area contributed by atoms with Gasteiger partial charge in [0, 0.05) is 19.7 Å². The maximum Gasteiger partial charge on any atom is 1.00 e. The van der Waals surface area contributed by atoms with Gasteiger partial charge in [0.1, 0.15) is 5.69 Å². The van der Waals surface area contributed by atoms with E-state index in [9.17, 15) is 17.8 Å². The van der Waals surface area contributed by atoms with Crippen LogP contribution >= 0.6 is 0 Å². The number of rotatable bonds is 5. The number of hydrogen-bond acceptors (Lipinski definition) is 11. The van der Waals surface area contributed by atoms with Crippen molar-refractivity contribution < 1.29 is 98.2 Å². The van der Waals surface area contributed by atoms with Gasteiger partial charge in [-0.2, -0.15) is 18.2 Å². The molecule has 0 atom stereocenters. The van der Waals surface area contributed by atoms with E-state index in [0.717, 1.165) is 0 Å².